The molecular formula is C19H19BrFN7O3. The van der Waals surface area contributed by atoms with Gasteiger partial charge in [-0.1, -0.05) is 0 Å². The van der Waals surface area contributed by atoms with Crippen molar-refractivity contribution in [1.82, 2.24) is 30.1 Å². The molecule has 31 heavy (non-hydrogen) atoms. The summed E-state index contributed by atoms with van der Waals surface area (Å²) in [6.07, 6.45) is 2.32. The Labute approximate surface area is 184 Å². The predicted octanol–water partition coefficient (Wildman–Crippen LogP) is 3.02. The van der Waals surface area contributed by atoms with Crippen LogP contribution in [0.25, 0.3) is 5.52 Å². The zero-order valence-electron chi connectivity index (χ0n) is 16.2. The molecule has 3 saturated carbocycles. The summed E-state index contributed by atoms with van der Waals surface area (Å²) in [4.78, 5) is 16.5. The largest absolute Gasteiger partial charge is 0.441 e. The number of nitrogens with zero attached hydrogens (tertiary/aromatic N) is 4. The first-order valence-electron chi connectivity index (χ1n) is 10.0. The molecule has 0 radical (unpaired) electrons. The van der Waals surface area contributed by atoms with E-state index in [9.17, 15) is 9.18 Å². The lowest BCUT2D eigenvalue weighted by Gasteiger charge is -2.61. The number of alkyl carbamates (subject to hydrolysis) is 1. The fourth-order valence-electron chi connectivity index (χ4n) is 4.61. The van der Waals surface area contributed by atoms with E-state index < -0.39 is 24.5 Å². The molecular weight excluding hydrogens is 473 g/mol. The number of alkyl halides is 1. The molecule has 162 valence electrons. The smallest absolute Gasteiger partial charge is 0.408 e. The minimum Gasteiger partial charge on any atom is -0.441 e. The SMILES string of the molecule is O=C(NC12CC(C1)C2)O[C@H]1CO[C@@H](c2cc(Nc3ncc(Br)n4nccc34)n[nH]2)[C@@H]1F. The summed E-state index contributed by atoms with van der Waals surface area (Å²) in [5, 5.41) is 17.2. The van der Waals surface area contributed by atoms with E-state index in [0.717, 1.165) is 30.7 Å². The van der Waals surface area contributed by atoms with Crippen molar-refractivity contribution in [3.63, 3.8) is 0 Å². The van der Waals surface area contributed by atoms with Crippen LogP contribution in [0.3, 0.4) is 0 Å². The molecule has 7 rings (SSSR count). The van der Waals surface area contributed by atoms with Gasteiger partial charge in [0.2, 0.25) is 0 Å². The minimum atomic E-state index is -1.50. The fraction of sp³-hybridized carbons (Fsp3) is 0.474. The van der Waals surface area contributed by atoms with Gasteiger partial charge < -0.3 is 20.1 Å². The number of nitrogens with one attached hydrogen (secondary N) is 3. The molecule has 10 nitrogen and oxygen atoms in total. The van der Waals surface area contributed by atoms with Gasteiger partial charge in [0, 0.05) is 11.6 Å². The number of hydrogen-bond donors (Lipinski definition) is 3. The summed E-state index contributed by atoms with van der Waals surface area (Å²) in [7, 11) is 0. The van der Waals surface area contributed by atoms with Crippen LogP contribution in [-0.2, 0) is 9.47 Å². The average Bonchev–Trinajstić information content (AvgIpc) is 3.41. The van der Waals surface area contributed by atoms with Crippen molar-refractivity contribution in [3.8, 4) is 0 Å². The van der Waals surface area contributed by atoms with Crippen LogP contribution in [0.15, 0.2) is 29.1 Å². The number of fused-ring (bicyclic) bond motifs is 1. The molecule has 0 spiro atoms. The van der Waals surface area contributed by atoms with Crippen LogP contribution in [0.2, 0.25) is 0 Å². The Morgan fingerprint density at radius 3 is 3.03 bits per heavy atom. The van der Waals surface area contributed by atoms with Crippen molar-refractivity contribution in [2.45, 2.75) is 43.2 Å². The van der Waals surface area contributed by atoms with E-state index >= 15 is 0 Å². The quantitative estimate of drug-likeness (QED) is 0.501. The number of hydrogen-bond acceptors (Lipinski definition) is 7. The maximum Gasteiger partial charge on any atom is 0.408 e. The van der Waals surface area contributed by atoms with Crippen molar-refractivity contribution in [2.24, 2.45) is 5.92 Å². The van der Waals surface area contributed by atoms with Gasteiger partial charge in [-0.3, -0.25) is 5.10 Å². The van der Waals surface area contributed by atoms with Crippen molar-refractivity contribution < 1.29 is 18.7 Å². The summed E-state index contributed by atoms with van der Waals surface area (Å²) in [5.41, 5.74) is 1.09. The highest BCUT2D eigenvalue weighted by Crippen LogP contribution is 2.57. The van der Waals surface area contributed by atoms with Crippen LogP contribution in [0.4, 0.5) is 20.8 Å². The van der Waals surface area contributed by atoms with E-state index in [4.69, 9.17) is 9.47 Å². The molecule has 3 aliphatic carbocycles. The number of aromatic nitrogens is 5. The Bertz CT molecular complexity index is 1150. The number of amides is 1. The number of ether oxygens (including phenoxy) is 2. The lowest BCUT2D eigenvalue weighted by Crippen LogP contribution is -2.68. The third kappa shape index (κ3) is 3.16. The van der Waals surface area contributed by atoms with Crippen molar-refractivity contribution >= 4 is 39.2 Å². The van der Waals surface area contributed by atoms with E-state index in [1.807, 2.05) is 6.07 Å². The summed E-state index contributed by atoms with van der Waals surface area (Å²) in [6, 6.07) is 3.46. The fourth-order valence-corrected chi connectivity index (χ4v) is 4.99. The molecule has 4 aliphatic rings. The van der Waals surface area contributed by atoms with Crippen molar-refractivity contribution in [3.05, 3.63) is 34.8 Å². The maximum absolute atomic E-state index is 15.0. The van der Waals surface area contributed by atoms with Gasteiger partial charge >= 0.3 is 6.09 Å². The van der Waals surface area contributed by atoms with Gasteiger partial charge in [-0.25, -0.2) is 18.7 Å². The molecule has 3 aromatic heterocycles. The zero-order chi connectivity index (χ0) is 21.2. The Morgan fingerprint density at radius 2 is 2.26 bits per heavy atom. The molecule has 12 heteroatoms. The number of anilines is 2. The Kier molecular flexibility index (Phi) is 4.22. The molecule has 0 aromatic carbocycles. The average molecular weight is 492 g/mol. The Hall–Kier alpha value is -2.73. The monoisotopic (exact) mass is 491 g/mol. The molecule has 2 bridgehead atoms. The molecule has 3 N–H and O–H groups in total. The van der Waals surface area contributed by atoms with Gasteiger partial charge in [0.25, 0.3) is 0 Å². The molecule has 1 aliphatic heterocycles. The summed E-state index contributed by atoms with van der Waals surface area (Å²) >= 11 is 3.39. The first kappa shape index (κ1) is 19.0. The molecule has 0 unspecified atom stereocenters. The third-order valence-corrected chi connectivity index (χ3v) is 6.83. The van der Waals surface area contributed by atoms with Crippen molar-refractivity contribution in [2.75, 3.05) is 11.9 Å². The van der Waals surface area contributed by atoms with Gasteiger partial charge in [0.15, 0.2) is 23.9 Å². The van der Waals surface area contributed by atoms with Gasteiger partial charge in [-0.15, -0.1) is 0 Å². The van der Waals surface area contributed by atoms with Crippen molar-refractivity contribution in [1.29, 1.82) is 0 Å². The molecule has 4 fully saturated rings. The first-order chi connectivity index (χ1) is 15.0. The van der Waals surface area contributed by atoms with Gasteiger partial charge in [0.1, 0.15) is 16.2 Å². The number of aromatic amines is 1. The number of carbonyl (C=O) groups is 1. The normalized spacial score (nSPS) is 31.2. The lowest BCUT2D eigenvalue weighted by atomic mass is 9.50. The van der Waals surface area contributed by atoms with E-state index in [1.54, 1.807) is 23.0 Å². The summed E-state index contributed by atoms with van der Waals surface area (Å²) < 4.78 is 28.2. The molecule has 4 heterocycles. The van der Waals surface area contributed by atoms with Gasteiger partial charge in [0.05, 0.1) is 24.7 Å². The van der Waals surface area contributed by atoms with E-state index in [2.05, 4.69) is 46.8 Å². The number of carbonyl (C=O) groups excluding carboxylic acids is 1. The number of halogens is 2. The first-order valence-corrected chi connectivity index (χ1v) is 10.8. The Morgan fingerprint density at radius 1 is 1.42 bits per heavy atom. The summed E-state index contributed by atoms with van der Waals surface area (Å²) in [5.74, 6) is 1.73. The second kappa shape index (κ2) is 6.89. The predicted molar refractivity (Wildman–Crippen MR) is 110 cm³/mol. The minimum absolute atomic E-state index is 0.0125. The lowest BCUT2D eigenvalue weighted by molar-refractivity contribution is -0.0528. The standard InChI is InChI=1S/C19H19BrFN7O3/c20-13-7-22-17(11-1-2-23-28(11)13)24-14-3-10(26-27-14)16-15(21)12(8-30-16)31-18(29)25-19-4-9(5-19)6-19/h1-3,7,9,12,15-16H,4-6,8H2,(H,25,29)(H2,22,24,26,27)/t9?,12-,15+,16-,19?/m0/s1. The highest BCUT2D eigenvalue weighted by atomic mass is 79.9. The zero-order valence-corrected chi connectivity index (χ0v) is 17.8. The van der Waals surface area contributed by atoms with Crippen LogP contribution >= 0.6 is 15.9 Å². The topological polar surface area (TPSA) is 118 Å². The van der Waals surface area contributed by atoms with Crippen LogP contribution < -0.4 is 10.6 Å². The molecule has 1 amide bonds. The third-order valence-electron chi connectivity index (χ3n) is 6.29. The highest BCUT2D eigenvalue weighted by molar-refractivity contribution is 9.10. The van der Waals surface area contributed by atoms with E-state index in [1.165, 1.54) is 0 Å². The Balaban J connectivity index is 1.11. The second-order valence-corrected chi connectivity index (χ2v) is 9.23. The molecule has 3 atom stereocenters. The molecule has 1 saturated heterocycles. The van der Waals surface area contributed by atoms with Gasteiger partial charge in [-0.2, -0.15) is 10.2 Å². The van der Waals surface area contributed by atoms with E-state index in [0.29, 0.717) is 21.9 Å². The van der Waals surface area contributed by atoms with Crippen LogP contribution in [0.5, 0.6) is 0 Å². The second-order valence-electron chi connectivity index (χ2n) is 8.42. The van der Waals surface area contributed by atoms with Crippen LogP contribution in [-0.4, -0.2) is 55.3 Å². The van der Waals surface area contributed by atoms with Crippen LogP contribution in [0, 0.1) is 5.92 Å². The molecule has 3 aromatic rings. The maximum atomic E-state index is 15.0. The van der Waals surface area contributed by atoms with E-state index in [-0.39, 0.29) is 12.1 Å². The highest BCUT2D eigenvalue weighted by Gasteiger charge is 2.58. The number of H-pyrrole nitrogens is 1. The summed E-state index contributed by atoms with van der Waals surface area (Å²) in [6.45, 7) is -0.0125. The van der Waals surface area contributed by atoms with Gasteiger partial charge in [-0.05, 0) is 47.2 Å². The number of rotatable bonds is 5. The van der Waals surface area contributed by atoms with Crippen LogP contribution in [0.1, 0.15) is 31.1 Å².